The first-order valence-corrected chi connectivity index (χ1v) is 11.2. The van der Waals surface area contributed by atoms with E-state index < -0.39 is 54.5 Å². The van der Waals surface area contributed by atoms with Gasteiger partial charge in [-0.15, -0.1) is 0 Å². The molecule has 0 aromatic carbocycles. The Bertz CT molecular complexity index is 634. The molecule has 3 amide bonds. The standard InChI is InChI=1S/C20H38N6O6/c21-9-3-1-6-14(24-17(28)13(23)12-27)18(29)25-15(7-2-4-10-22)19(30)26-11-5-8-16(26)20(31)32/h13-16,27H,1-12,21-23H2,(H,24,28)(H,25,29)(H,31,32). The number of aliphatic hydroxyl groups excluding tert-OH is 1. The second-order valence-electron chi connectivity index (χ2n) is 8.01. The number of rotatable bonds is 15. The van der Waals surface area contributed by atoms with Gasteiger partial charge in [0.25, 0.3) is 0 Å². The first kappa shape index (κ1) is 27.8. The number of nitrogens with one attached hydrogen (secondary N) is 2. The Balaban J connectivity index is 2.95. The number of aliphatic carboxylic acids is 1. The molecular weight excluding hydrogens is 420 g/mol. The van der Waals surface area contributed by atoms with Gasteiger partial charge in [0.15, 0.2) is 0 Å². The van der Waals surface area contributed by atoms with Crippen molar-refractivity contribution in [1.29, 1.82) is 0 Å². The van der Waals surface area contributed by atoms with Gasteiger partial charge < -0.3 is 42.9 Å². The number of carboxylic acid groups (broad SMARTS) is 1. The van der Waals surface area contributed by atoms with Crippen LogP contribution in [0, 0.1) is 0 Å². The number of nitrogens with zero attached hydrogens (tertiary/aromatic N) is 1. The Morgan fingerprint density at radius 2 is 1.50 bits per heavy atom. The van der Waals surface area contributed by atoms with E-state index in [1.165, 1.54) is 4.90 Å². The zero-order valence-corrected chi connectivity index (χ0v) is 18.5. The lowest BCUT2D eigenvalue weighted by Crippen LogP contribution is -2.57. The van der Waals surface area contributed by atoms with E-state index in [0.29, 0.717) is 64.6 Å². The van der Waals surface area contributed by atoms with Crippen molar-refractivity contribution in [1.82, 2.24) is 15.5 Å². The molecule has 12 heteroatoms. The number of carbonyl (C=O) groups is 4. The van der Waals surface area contributed by atoms with Crippen LogP contribution in [0.25, 0.3) is 0 Å². The molecule has 1 rings (SSSR count). The van der Waals surface area contributed by atoms with E-state index in [4.69, 9.17) is 22.3 Å². The Labute approximate surface area is 188 Å². The first-order chi connectivity index (χ1) is 15.3. The number of hydrogen-bond donors (Lipinski definition) is 7. The Morgan fingerprint density at radius 3 is 2.03 bits per heavy atom. The summed E-state index contributed by atoms with van der Waals surface area (Å²) in [4.78, 5) is 51.0. The summed E-state index contributed by atoms with van der Waals surface area (Å²) in [6.07, 6.45) is 3.91. The summed E-state index contributed by atoms with van der Waals surface area (Å²) in [5.74, 6) is -2.79. The average Bonchev–Trinajstić information content (AvgIpc) is 3.27. The van der Waals surface area contributed by atoms with Crippen LogP contribution in [0.5, 0.6) is 0 Å². The minimum Gasteiger partial charge on any atom is -0.480 e. The smallest absolute Gasteiger partial charge is 0.326 e. The molecule has 1 heterocycles. The molecule has 32 heavy (non-hydrogen) atoms. The molecule has 4 atom stereocenters. The van der Waals surface area contributed by atoms with Gasteiger partial charge in [0.1, 0.15) is 24.2 Å². The number of hydrogen-bond acceptors (Lipinski definition) is 8. The molecule has 10 N–H and O–H groups in total. The normalized spacial score (nSPS) is 18.6. The van der Waals surface area contributed by atoms with Gasteiger partial charge in [0.2, 0.25) is 17.7 Å². The molecular formula is C20H38N6O6. The van der Waals surface area contributed by atoms with Gasteiger partial charge in [-0.3, -0.25) is 14.4 Å². The van der Waals surface area contributed by atoms with Crippen molar-refractivity contribution in [3.63, 3.8) is 0 Å². The zero-order valence-electron chi connectivity index (χ0n) is 18.5. The van der Waals surface area contributed by atoms with Crippen LogP contribution in [0.15, 0.2) is 0 Å². The molecule has 12 nitrogen and oxygen atoms in total. The molecule has 4 unspecified atom stereocenters. The highest BCUT2D eigenvalue weighted by Crippen LogP contribution is 2.20. The number of carbonyl (C=O) groups excluding carboxylic acids is 3. The minimum atomic E-state index is -1.18. The molecule has 0 saturated carbocycles. The molecule has 1 aliphatic rings. The highest BCUT2D eigenvalue weighted by atomic mass is 16.4. The van der Waals surface area contributed by atoms with Crippen molar-refractivity contribution in [3.05, 3.63) is 0 Å². The third-order valence-electron chi connectivity index (χ3n) is 5.50. The summed E-state index contributed by atoms with van der Waals surface area (Å²) in [7, 11) is 0. The van der Waals surface area contributed by atoms with Crippen molar-refractivity contribution in [2.75, 3.05) is 26.2 Å². The summed E-state index contributed by atoms with van der Waals surface area (Å²) in [6.45, 7) is 0.576. The van der Waals surface area contributed by atoms with Crippen LogP contribution in [0.3, 0.4) is 0 Å². The molecule has 1 saturated heterocycles. The van der Waals surface area contributed by atoms with Crippen LogP contribution in [0.1, 0.15) is 51.4 Å². The first-order valence-electron chi connectivity index (χ1n) is 11.2. The fourth-order valence-electron chi connectivity index (χ4n) is 3.63. The van der Waals surface area contributed by atoms with Crippen LogP contribution < -0.4 is 27.8 Å². The van der Waals surface area contributed by atoms with Gasteiger partial charge in [0, 0.05) is 6.54 Å². The fourth-order valence-corrected chi connectivity index (χ4v) is 3.63. The van der Waals surface area contributed by atoms with Crippen molar-refractivity contribution in [2.45, 2.75) is 75.5 Å². The second kappa shape index (κ2) is 14.7. The fraction of sp³-hybridized carbons (Fsp3) is 0.800. The van der Waals surface area contributed by atoms with Gasteiger partial charge in [-0.05, 0) is 64.5 Å². The number of likely N-dealkylation sites (tertiary alicyclic amines) is 1. The molecule has 0 aromatic heterocycles. The molecule has 1 aliphatic heterocycles. The molecule has 0 aliphatic carbocycles. The van der Waals surface area contributed by atoms with Crippen molar-refractivity contribution in [2.24, 2.45) is 17.2 Å². The van der Waals surface area contributed by atoms with E-state index in [9.17, 15) is 24.3 Å². The highest BCUT2D eigenvalue weighted by molar-refractivity contribution is 5.94. The van der Waals surface area contributed by atoms with Gasteiger partial charge in [-0.1, -0.05) is 0 Å². The van der Waals surface area contributed by atoms with E-state index in [0.717, 1.165) is 0 Å². The predicted octanol–water partition coefficient (Wildman–Crippen LogP) is -2.39. The van der Waals surface area contributed by atoms with Crippen molar-refractivity contribution in [3.8, 4) is 0 Å². The van der Waals surface area contributed by atoms with Crippen molar-refractivity contribution < 1.29 is 29.4 Å². The summed E-state index contributed by atoms with van der Waals surface area (Å²) >= 11 is 0. The Morgan fingerprint density at radius 1 is 0.938 bits per heavy atom. The van der Waals surface area contributed by atoms with E-state index >= 15 is 0 Å². The Kier molecular flexibility index (Phi) is 12.8. The zero-order chi connectivity index (χ0) is 24.1. The summed E-state index contributed by atoms with van der Waals surface area (Å²) in [6, 6.07) is -4.00. The number of carboxylic acids is 1. The van der Waals surface area contributed by atoms with Crippen LogP contribution >= 0.6 is 0 Å². The molecule has 0 aromatic rings. The van der Waals surface area contributed by atoms with E-state index in [1.54, 1.807) is 0 Å². The maximum Gasteiger partial charge on any atom is 0.326 e. The average molecular weight is 459 g/mol. The van der Waals surface area contributed by atoms with Crippen LogP contribution in [-0.4, -0.2) is 89.2 Å². The molecule has 1 fully saturated rings. The topological polar surface area (TPSA) is 214 Å². The highest BCUT2D eigenvalue weighted by Gasteiger charge is 2.38. The number of unbranched alkanes of at least 4 members (excludes halogenated alkanes) is 2. The van der Waals surface area contributed by atoms with E-state index in [-0.39, 0.29) is 6.42 Å². The predicted molar refractivity (Wildman–Crippen MR) is 117 cm³/mol. The lowest BCUT2D eigenvalue weighted by atomic mass is 10.0. The third kappa shape index (κ3) is 8.69. The molecule has 184 valence electrons. The molecule has 0 radical (unpaired) electrons. The summed E-state index contributed by atoms with van der Waals surface area (Å²) in [5, 5.41) is 23.7. The van der Waals surface area contributed by atoms with E-state index in [2.05, 4.69) is 10.6 Å². The van der Waals surface area contributed by atoms with E-state index in [1.807, 2.05) is 0 Å². The summed E-state index contributed by atoms with van der Waals surface area (Å²) in [5.41, 5.74) is 16.6. The lowest BCUT2D eigenvalue weighted by Gasteiger charge is -2.29. The quantitative estimate of drug-likeness (QED) is 0.130. The monoisotopic (exact) mass is 458 g/mol. The number of aliphatic hydroxyl groups is 1. The second-order valence-corrected chi connectivity index (χ2v) is 8.01. The third-order valence-corrected chi connectivity index (χ3v) is 5.50. The molecule has 0 bridgehead atoms. The summed E-state index contributed by atoms with van der Waals surface area (Å²) < 4.78 is 0. The maximum absolute atomic E-state index is 13.1. The van der Waals surface area contributed by atoms with Gasteiger partial charge in [0.05, 0.1) is 6.61 Å². The largest absolute Gasteiger partial charge is 0.480 e. The number of amides is 3. The maximum atomic E-state index is 13.1. The van der Waals surface area contributed by atoms with Crippen LogP contribution in [0.4, 0.5) is 0 Å². The van der Waals surface area contributed by atoms with Gasteiger partial charge in [-0.25, -0.2) is 4.79 Å². The number of nitrogens with two attached hydrogens (primary N) is 3. The van der Waals surface area contributed by atoms with Crippen molar-refractivity contribution >= 4 is 23.7 Å². The van der Waals surface area contributed by atoms with Gasteiger partial charge >= 0.3 is 5.97 Å². The van der Waals surface area contributed by atoms with Crippen LogP contribution in [-0.2, 0) is 19.2 Å². The minimum absolute atomic E-state index is 0.276. The van der Waals surface area contributed by atoms with Gasteiger partial charge in [-0.2, -0.15) is 0 Å². The lowest BCUT2D eigenvalue weighted by molar-refractivity contribution is -0.149. The molecule has 0 spiro atoms. The Hall–Kier alpha value is -2.28. The SMILES string of the molecule is NCCCCC(NC(=O)C(N)CO)C(=O)NC(CCCCN)C(=O)N1CCCC1C(=O)O. The van der Waals surface area contributed by atoms with Crippen LogP contribution in [0.2, 0.25) is 0 Å².